The van der Waals surface area contributed by atoms with Crippen LogP contribution in [0.5, 0.6) is 0 Å². The molecule has 0 aliphatic carbocycles. The van der Waals surface area contributed by atoms with Gasteiger partial charge in [0.05, 0.1) is 17.7 Å². The van der Waals surface area contributed by atoms with Crippen molar-refractivity contribution >= 4 is 0 Å². The van der Waals surface area contributed by atoms with Crippen molar-refractivity contribution in [3.05, 3.63) is 29.6 Å². The molecule has 1 rings (SSSR count). The minimum atomic E-state index is -4.39. The second-order valence-electron chi connectivity index (χ2n) is 3.89. The molecule has 18 heavy (non-hydrogen) atoms. The van der Waals surface area contributed by atoms with Crippen molar-refractivity contribution in [3.8, 4) is 0 Å². The fourth-order valence-electron chi connectivity index (χ4n) is 1.91. The molecule has 1 aromatic heterocycles. The number of ether oxygens (including phenoxy) is 1. The average Bonchev–Trinajstić information content (AvgIpc) is 2.29. The first-order valence-electron chi connectivity index (χ1n) is 5.71. The van der Waals surface area contributed by atoms with Crippen LogP contribution < -0.4 is 5.32 Å². The maximum absolute atomic E-state index is 12.9. The maximum atomic E-state index is 12.9. The van der Waals surface area contributed by atoms with Gasteiger partial charge in [-0.25, -0.2) is 0 Å². The minimum Gasteiger partial charge on any atom is -0.377 e. The van der Waals surface area contributed by atoms with Crippen LogP contribution in [0.3, 0.4) is 0 Å². The van der Waals surface area contributed by atoms with Crippen LogP contribution >= 0.6 is 0 Å². The van der Waals surface area contributed by atoms with Gasteiger partial charge in [-0.3, -0.25) is 4.98 Å². The Bertz CT molecular complexity index is 382. The number of alkyl halides is 3. The van der Waals surface area contributed by atoms with Crippen molar-refractivity contribution in [1.29, 1.82) is 0 Å². The SMILES string of the molecule is CCOC(C)C(NC)c1cnccc1C(F)(F)F. The first kappa shape index (κ1) is 14.9. The van der Waals surface area contributed by atoms with Gasteiger partial charge in [0.25, 0.3) is 0 Å². The predicted molar refractivity (Wildman–Crippen MR) is 62.1 cm³/mol. The van der Waals surface area contributed by atoms with Crippen molar-refractivity contribution in [1.82, 2.24) is 10.3 Å². The van der Waals surface area contributed by atoms with Crippen LogP contribution in [0, 0.1) is 0 Å². The van der Waals surface area contributed by atoms with Gasteiger partial charge in [-0.1, -0.05) is 0 Å². The Morgan fingerprint density at radius 3 is 2.61 bits per heavy atom. The zero-order valence-electron chi connectivity index (χ0n) is 10.6. The van der Waals surface area contributed by atoms with Gasteiger partial charge in [-0.05, 0) is 27.0 Å². The lowest BCUT2D eigenvalue weighted by Crippen LogP contribution is -2.31. The highest BCUT2D eigenvalue weighted by atomic mass is 19.4. The van der Waals surface area contributed by atoms with Crippen LogP contribution in [0.15, 0.2) is 18.5 Å². The summed E-state index contributed by atoms with van der Waals surface area (Å²) in [6, 6.07) is 0.438. The number of pyridine rings is 1. The Hall–Kier alpha value is -1.14. The zero-order chi connectivity index (χ0) is 13.8. The number of halogens is 3. The second kappa shape index (κ2) is 6.15. The quantitative estimate of drug-likeness (QED) is 0.886. The summed E-state index contributed by atoms with van der Waals surface area (Å²) in [5.74, 6) is 0. The van der Waals surface area contributed by atoms with Gasteiger partial charge in [-0.15, -0.1) is 0 Å². The van der Waals surface area contributed by atoms with E-state index in [0.29, 0.717) is 6.61 Å². The zero-order valence-corrected chi connectivity index (χ0v) is 10.6. The molecular formula is C12H17F3N2O. The molecule has 1 heterocycles. The molecule has 0 aromatic carbocycles. The molecule has 0 spiro atoms. The summed E-state index contributed by atoms with van der Waals surface area (Å²) in [5.41, 5.74) is -0.572. The van der Waals surface area contributed by atoms with E-state index >= 15 is 0 Å². The van der Waals surface area contributed by atoms with Crippen molar-refractivity contribution < 1.29 is 17.9 Å². The van der Waals surface area contributed by atoms with Gasteiger partial charge >= 0.3 is 6.18 Å². The summed E-state index contributed by atoms with van der Waals surface area (Å²) in [5, 5.41) is 2.85. The Morgan fingerprint density at radius 1 is 1.44 bits per heavy atom. The molecule has 3 nitrogen and oxygen atoms in total. The summed E-state index contributed by atoms with van der Waals surface area (Å²) in [4.78, 5) is 3.77. The highest BCUT2D eigenvalue weighted by Crippen LogP contribution is 2.35. The Labute approximate surface area is 104 Å². The average molecular weight is 262 g/mol. The van der Waals surface area contributed by atoms with E-state index < -0.39 is 17.8 Å². The molecule has 102 valence electrons. The molecule has 0 radical (unpaired) electrons. The Morgan fingerprint density at radius 2 is 2.11 bits per heavy atom. The molecule has 0 bridgehead atoms. The van der Waals surface area contributed by atoms with Crippen LogP contribution in [0.2, 0.25) is 0 Å². The van der Waals surface area contributed by atoms with Crippen LogP contribution in [0.4, 0.5) is 13.2 Å². The summed E-state index contributed by atoms with van der Waals surface area (Å²) < 4.78 is 44.1. The topological polar surface area (TPSA) is 34.1 Å². The number of rotatable bonds is 5. The van der Waals surface area contributed by atoms with Crippen molar-refractivity contribution in [3.63, 3.8) is 0 Å². The molecule has 6 heteroatoms. The molecule has 0 saturated heterocycles. The van der Waals surface area contributed by atoms with E-state index in [1.54, 1.807) is 20.9 Å². The van der Waals surface area contributed by atoms with Crippen LogP contribution in [0.25, 0.3) is 0 Å². The smallest absolute Gasteiger partial charge is 0.377 e. The van der Waals surface area contributed by atoms with Gasteiger partial charge in [-0.2, -0.15) is 13.2 Å². The van der Waals surface area contributed by atoms with Crippen molar-refractivity contribution in [2.75, 3.05) is 13.7 Å². The Balaban J connectivity index is 3.13. The first-order chi connectivity index (χ1) is 8.41. The highest BCUT2D eigenvalue weighted by Gasteiger charge is 2.36. The molecule has 2 unspecified atom stereocenters. The number of nitrogens with zero attached hydrogens (tertiary/aromatic N) is 1. The van der Waals surface area contributed by atoms with E-state index in [2.05, 4.69) is 10.3 Å². The van der Waals surface area contributed by atoms with E-state index in [-0.39, 0.29) is 11.7 Å². The summed E-state index contributed by atoms with van der Waals surface area (Å²) in [6.45, 7) is 3.98. The molecule has 1 N–H and O–H groups in total. The van der Waals surface area contributed by atoms with Crippen LogP contribution in [-0.2, 0) is 10.9 Å². The Kier molecular flexibility index (Phi) is 5.10. The van der Waals surface area contributed by atoms with E-state index in [0.717, 1.165) is 12.3 Å². The van der Waals surface area contributed by atoms with Gasteiger partial charge in [0.1, 0.15) is 0 Å². The van der Waals surface area contributed by atoms with Gasteiger partial charge < -0.3 is 10.1 Å². The third-order valence-electron chi connectivity index (χ3n) is 2.70. The molecular weight excluding hydrogens is 245 g/mol. The van der Waals surface area contributed by atoms with Crippen molar-refractivity contribution in [2.24, 2.45) is 0 Å². The van der Waals surface area contributed by atoms with Crippen LogP contribution in [0.1, 0.15) is 31.0 Å². The number of likely N-dealkylation sites (N-methyl/N-ethyl adjacent to an activating group) is 1. The largest absolute Gasteiger partial charge is 0.416 e. The lowest BCUT2D eigenvalue weighted by atomic mass is 9.98. The molecule has 2 atom stereocenters. The molecule has 0 amide bonds. The standard InChI is InChI=1S/C12H17F3N2O/c1-4-18-8(2)11(16-3)9-7-17-6-5-10(9)12(13,14)15/h5-8,11,16H,4H2,1-3H3. The van der Waals surface area contributed by atoms with E-state index in [1.807, 2.05) is 0 Å². The molecule has 0 aliphatic rings. The normalized spacial score (nSPS) is 15.4. The van der Waals surface area contributed by atoms with Gasteiger partial charge in [0, 0.05) is 24.6 Å². The summed E-state index contributed by atoms with van der Waals surface area (Å²) >= 11 is 0. The van der Waals surface area contributed by atoms with E-state index in [9.17, 15) is 13.2 Å². The molecule has 0 fully saturated rings. The second-order valence-corrected chi connectivity index (χ2v) is 3.89. The minimum absolute atomic E-state index is 0.105. The fraction of sp³-hybridized carbons (Fsp3) is 0.583. The third-order valence-corrected chi connectivity index (χ3v) is 2.70. The third kappa shape index (κ3) is 3.43. The lowest BCUT2D eigenvalue weighted by Gasteiger charge is -2.26. The van der Waals surface area contributed by atoms with Crippen molar-refractivity contribution in [2.45, 2.75) is 32.2 Å². The highest BCUT2D eigenvalue weighted by molar-refractivity contribution is 5.30. The fourth-order valence-corrected chi connectivity index (χ4v) is 1.91. The number of hydrogen-bond donors (Lipinski definition) is 1. The van der Waals surface area contributed by atoms with Gasteiger partial charge in [0.2, 0.25) is 0 Å². The molecule has 0 saturated carbocycles. The van der Waals surface area contributed by atoms with Crippen LogP contribution in [-0.4, -0.2) is 24.7 Å². The van der Waals surface area contributed by atoms with E-state index in [1.165, 1.54) is 6.20 Å². The monoisotopic (exact) mass is 262 g/mol. The first-order valence-corrected chi connectivity index (χ1v) is 5.71. The predicted octanol–water partition coefficient (Wildman–Crippen LogP) is 2.79. The van der Waals surface area contributed by atoms with E-state index in [4.69, 9.17) is 4.74 Å². The maximum Gasteiger partial charge on any atom is 0.416 e. The van der Waals surface area contributed by atoms with Gasteiger partial charge in [0.15, 0.2) is 0 Å². The summed E-state index contributed by atoms with van der Waals surface area (Å²) in [7, 11) is 1.60. The summed E-state index contributed by atoms with van der Waals surface area (Å²) in [6.07, 6.45) is -2.38. The lowest BCUT2D eigenvalue weighted by molar-refractivity contribution is -0.138. The molecule has 0 aliphatic heterocycles. The number of nitrogens with one attached hydrogen (secondary N) is 1. The number of aromatic nitrogens is 1. The molecule has 1 aromatic rings. The number of hydrogen-bond acceptors (Lipinski definition) is 3.